The molecule has 0 aliphatic carbocycles. The van der Waals surface area contributed by atoms with Crippen molar-refractivity contribution in [2.75, 3.05) is 17.7 Å². The molecule has 0 aromatic heterocycles. The van der Waals surface area contributed by atoms with E-state index in [2.05, 4.69) is 18.6 Å². The lowest BCUT2D eigenvalue weighted by Crippen LogP contribution is -2.30. The van der Waals surface area contributed by atoms with E-state index >= 15 is 0 Å². The van der Waals surface area contributed by atoms with Gasteiger partial charge in [-0.2, -0.15) is 8.78 Å². The fourth-order valence-corrected chi connectivity index (χ4v) is 2.13. The molecule has 1 unspecified atom stereocenters. The lowest BCUT2D eigenvalue weighted by Gasteiger charge is -2.29. The molecule has 1 atom stereocenters. The van der Waals surface area contributed by atoms with Crippen LogP contribution in [-0.2, 0) is 0 Å². The minimum Gasteiger partial charge on any atom is -0.432 e. The third-order valence-electron chi connectivity index (χ3n) is 3.15. The Morgan fingerprint density at radius 1 is 1.25 bits per heavy atom. The van der Waals surface area contributed by atoms with Crippen LogP contribution in [0.2, 0.25) is 0 Å². The van der Waals surface area contributed by atoms with Crippen molar-refractivity contribution in [2.24, 2.45) is 5.92 Å². The summed E-state index contributed by atoms with van der Waals surface area (Å²) in [6, 6.07) is 2.36. The summed E-state index contributed by atoms with van der Waals surface area (Å²) in [6.07, 6.45) is 0.901. The van der Waals surface area contributed by atoms with Gasteiger partial charge in [0, 0.05) is 25.2 Å². The molecule has 1 aromatic carbocycles. The first-order chi connectivity index (χ1) is 9.22. The summed E-state index contributed by atoms with van der Waals surface area (Å²) in [5.41, 5.74) is 6.44. The Morgan fingerprint density at radius 2 is 1.85 bits per heavy atom. The molecule has 114 valence electrons. The summed E-state index contributed by atoms with van der Waals surface area (Å²) in [7, 11) is 1.79. The first-order valence-electron chi connectivity index (χ1n) is 6.49. The van der Waals surface area contributed by atoms with Crippen molar-refractivity contribution in [1.82, 2.24) is 0 Å². The van der Waals surface area contributed by atoms with Crippen molar-refractivity contribution < 1.29 is 17.9 Å². The minimum absolute atomic E-state index is 0.141. The normalized spacial score (nSPS) is 12.8. The summed E-state index contributed by atoms with van der Waals surface area (Å²) in [6.45, 7) is 3.10. The van der Waals surface area contributed by atoms with Crippen LogP contribution in [-0.4, -0.2) is 19.7 Å². The molecule has 0 radical (unpaired) electrons. The Labute approximate surface area is 117 Å². The smallest absolute Gasteiger partial charge is 0.387 e. The SMILES string of the molecule is CC(C)CC(C)N(C)c1cc(OC(F)F)c(F)cc1N. The number of hydrogen-bond acceptors (Lipinski definition) is 3. The molecule has 0 spiro atoms. The number of nitrogens with zero attached hydrogens (tertiary/aromatic N) is 1. The van der Waals surface area contributed by atoms with Crippen LogP contribution < -0.4 is 15.4 Å². The third kappa shape index (κ3) is 4.21. The van der Waals surface area contributed by atoms with E-state index in [1.54, 1.807) is 7.05 Å². The Kier molecular flexibility index (Phi) is 5.53. The maximum Gasteiger partial charge on any atom is 0.387 e. The summed E-state index contributed by atoms with van der Waals surface area (Å²) >= 11 is 0. The molecule has 20 heavy (non-hydrogen) atoms. The maximum atomic E-state index is 13.5. The van der Waals surface area contributed by atoms with Gasteiger partial charge in [-0.15, -0.1) is 0 Å². The standard InChI is InChI=1S/C14H21F3N2O/c1-8(2)5-9(3)19(4)12-7-13(20-14(16)17)10(15)6-11(12)18/h6-9,14H,5,18H2,1-4H3. The molecule has 0 saturated heterocycles. The second-order valence-electron chi connectivity index (χ2n) is 5.31. The summed E-state index contributed by atoms with van der Waals surface area (Å²) in [5, 5.41) is 0. The van der Waals surface area contributed by atoms with Gasteiger partial charge in [0.15, 0.2) is 11.6 Å². The Bertz CT molecular complexity index is 452. The molecule has 0 bridgehead atoms. The lowest BCUT2D eigenvalue weighted by molar-refractivity contribution is -0.0521. The highest BCUT2D eigenvalue weighted by Gasteiger charge is 2.18. The van der Waals surface area contributed by atoms with Crippen LogP contribution in [0.25, 0.3) is 0 Å². The number of anilines is 2. The largest absolute Gasteiger partial charge is 0.432 e. The second-order valence-corrected chi connectivity index (χ2v) is 5.31. The molecular formula is C14H21F3N2O. The van der Waals surface area contributed by atoms with Crippen LogP contribution >= 0.6 is 0 Å². The Balaban J connectivity index is 3.04. The number of benzene rings is 1. The Morgan fingerprint density at radius 3 is 2.35 bits per heavy atom. The Hall–Kier alpha value is -1.59. The van der Waals surface area contributed by atoms with E-state index in [9.17, 15) is 13.2 Å². The van der Waals surface area contributed by atoms with Crippen LogP contribution in [0.5, 0.6) is 5.75 Å². The quantitative estimate of drug-likeness (QED) is 0.808. The van der Waals surface area contributed by atoms with Gasteiger partial charge in [-0.1, -0.05) is 13.8 Å². The molecule has 0 aliphatic heterocycles. The summed E-state index contributed by atoms with van der Waals surface area (Å²) < 4.78 is 42.1. The van der Waals surface area contributed by atoms with Gasteiger partial charge < -0.3 is 15.4 Å². The van der Waals surface area contributed by atoms with Crippen LogP contribution in [0.1, 0.15) is 27.2 Å². The number of alkyl halides is 2. The van der Waals surface area contributed by atoms with Crippen LogP contribution in [0, 0.1) is 11.7 Å². The van der Waals surface area contributed by atoms with Crippen LogP contribution in [0.15, 0.2) is 12.1 Å². The average molecular weight is 290 g/mol. The predicted octanol–water partition coefficient (Wildman–Crippen LogP) is 3.88. The molecule has 3 nitrogen and oxygen atoms in total. The van der Waals surface area contributed by atoms with Crippen molar-refractivity contribution in [3.05, 3.63) is 17.9 Å². The predicted molar refractivity (Wildman–Crippen MR) is 74.8 cm³/mol. The number of nitrogens with two attached hydrogens (primary N) is 1. The summed E-state index contributed by atoms with van der Waals surface area (Å²) in [4.78, 5) is 1.84. The van der Waals surface area contributed by atoms with Crippen molar-refractivity contribution in [2.45, 2.75) is 39.8 Å². The number of nitrogen functional groups attached to an aromatic ring is 1. The first-order valence-corrected chi connectivity index (χ1v) is 6.49. The van der Waals surface area contributed by atoms with Crippen molar-refractivity contribution >= 4 is 11.4 Å². The van der Waals surface area contributed by atoms with Gasteiger partial charge in [-0.25, -0.2) is 4.39 Å². The topological polar surface area (TPSA) is 38.5 Å². The fourth-order valence-electron chi connectivity index (χ4n) is 2.13. The van der Waals surface area contributed by atoms with Crippen LogP contribution in [0.4, 0.5) is 24.5 Å². The van der Waals surface area contributed by atoms with Gasteiger partial charge in [-0.05, 0) is 19.3 Å². The highest BCUT2D eigenvalue weighted by Crippen LogP contribution is 2.33. The number of halogens is 3. The van der Waals surface area contributed by atoms with E-state index in [-0.39, 0.29) is 11.7 Å². The lowest BCUT2D eigenvalue weighted by atomic mass is 10.0. The van der Waals surface area contributed by atoms with Gasteiger partial charge >= 0.3 is 6.61 Å². The number of rotatable bonds is 6. The zero-order chi connectivity index (χ0) is 15.4. The first kappa shape index (κ1) is 16.5. The maximum absolute atomic E-state index is 13.5. The van der Waals surface area contributed by atoms with Crippen LogP contribution in [0.3, 0.4) is 0 Å². The van der Waals surface area contributed by atoms with Gasteiger partial charge in [-0.3, -0.25) is 0 Å². The van der Waals surface area contributed by atoms with Crippen molar-refractivity contribution in [3.63, 3.8) is 0 Å². The van der Waals surface area contributed by atoms with Gasteiger partial charge in [0.1, 0.15) is 0 Å². The highest BCUT2D eigenvalue weighted by molar-refractivity contribution is 5.70. The van der Waals surface area contributed by atoms with E-state index in [1.165, 1.54) is 6.07 Å². The van der Waals surface area contributed by atoms with Crippen molar-refractivity contribution in [1.29, 1.82) is 0 Å². The minimum atomic E-state index is -3.07. The van der Waals surface area contributed by atoms with E-state index in [4.69, 9.17) is 5.73 Å². The van der Waals surface area contributed by atoms with Gasteiger partial charge in [0.05, 0.1) is 11.4 Å². The van der Waals surface area contributed by atoms with Crippen molar-refractivity contribution in [3.8, 4) is 5.75 Å². The fraction of sp³-hybridized carbons (Fsp3) is 0.571. The van der Waals surface area contributed by atoms with Gasteiger partial charge in [0.2, 0.25) is 0 Å². The van der Waals surface area contributed by atoms with E-state index in [0.717, 1.165) is 12.5 Å². The van der Waals surface area contributed by atoms with E-state index < -0.39 is 18.2 Å². The molecule has 0 aliphatic rings. The van der Waals surface area contributed by atoms with E-state index in [1.807, 2.05) is 11.8 Å². The number of hydrogen-bond donors (Lipinski definition) is 1. The van der Waals surface area contributed by atoms with E-state index in [0.29, 0.717) is 11.6 Å². The molecule has 1 aromatic rings. The molecule has 0 heterocycles. The molecule has 0 fully saturated rings. The average Bonchev–Trinajstić information content (AvgIpc) is 2.30. The molecule has 0 saturated carbocycles. The monoisotopic (exact) mass is 290 g/mol. The molecule has 1 rings (SSSR count). The zero-order valence-electron chi connectivity index (χ0n) is 12.2. The summed E-state index contributed by atoms with van der Waals surface area (Å²) in [5.74, 6) is -0.907. The molecule has 2 N–H and O–H groups in total. The molecule has 6 heteroatoms. The number of ether oxygens (including phenoxy) is 1. The molecular weight excluding hydrogens is 269 g/mol. The third-order valence-corrected chi connectivity index (χ3v) is 3.15. The second kappa shape index (κ2) is 6.72. The van der Waals surface area contributed by atoms with Gasteiger partial charge in [0.25, 0.3) is 0 Å². The molecule has 0 amide bonds. The zero-order valence-corrected chi connectivity index (χ0v) is 12.2. The highest BCUT2D eigenvalue weighted by atomic mass is 19.3.